The van der Waals surface area contributed by atoms with Gasteiger partial charge in [-0.05, 0) is 25.5 Å². The fourth-order valence-corrected chi connectivity index (χ4v) is 4.01. The maximum Gasteiger partial charge on any atom is 0.290 e. The number of thiazole rings is 1. The Bertz CT molecular complexity index is 967. The van der Waals surface area contributed by atoms with E-state index in [1.54, 1.807) is 28.7 Å². The molecule has 2 aromatic heterocycles. The van der Waals surface area contributed by atoms with Gasteiger partial charge in [0.1, 0.15) is 5.52 Å². The van der Waals surface area contributed by atoms with Crippen molar-refractivity contribution in [2.75, 3.05) is 0 Å². The van der Waals surface area contributed by atoms with Crippen molar-refractivity contribution in [2.24, 2.45) is 0 Å². The second-order valence-electron chi connectivity index (χ2n) is 5.98. The van der Waals surface area contributed by atoms with E-state index in [1.165, 1.54) is 6.07 Å². The summed E-state index contributed by atoms with van der Waals surface area (Å²) in [7, 11) is 0. The smallest absolute Gasteiger partial charge is 0.290 e. The van der Waals surface area contributed by atoms with Crippen LogP contribution in [-0.2, 0) is 13.0 Å². The monoisotopic (exact) mass is 364 g/mol. The summed E-state index contributed by atoms with van der Waals surface area (Å²) in [6, 6.07) is 1.23. The molecular weight excluding hydrogens is 351 g/mol. The molecule has 5 nitrogen and oxygen atoms in total. The van der Waals surface area contributed by atoms with E-state index < -0.39 is 5.82 Å². The number of halogens is 2. The Morgan fingerprint density at radius 3 is 3.12 bits per heavy atom. The van der Waals surface area contributed by atoms with Crippen LogP contribution in [0, 0.1) is 12.7 Å². The van der Waals surface area contributed by atoms with Crippen LogP contribution in [0.25, 0.3) is 11.0 Å². The Balaban J connectivity index is 1.74. The number of benzene rings is 1. The molecule has 0 radical (unpaired) electrons. The number of rotatable bonds is 1. The van der Waals surface area contributed by atoms with Crippen LogP contribution >= 0.6 is 22.9 Å². The van der Waals surface area contributed by atoms with E-state index in [0.29, 0.717) is 29.1 Å². The fourth-order valence-electron chi connectivity index (χ4n) is 3.02. The molecule has 1 atom stereocenters. The predicted octanol–water partition coefficient (Wildman–Crippen LogP) is 3.71. The van der Waals surface area contributed by atoms with Gasteiger partial charge in [-0.2, -0.15) is 0 Å². The summed E-state index contributed by atoms with van der Waals surface area (Å²) < 4.78 is 14.1. The molecule has 1 aliphatic rings. The molecule has 1 aliphatic heterocycles. The summed E-state index contributed by atoms with van der Waals surface area (Å²) in [5.74, 6) is -0.644. The number of carbonyl (C=O) groups is 1. The lowest BCUT2D eigenvalue weighted by molar-refractivity contribution is 0.0649. The first-order chi connectivity index (χ1) is 11.5. The molecule has 0 aliphatic carbocycles. The zero-order valence-corrected chi connectivity index (χ0v) is 14.6. The van der Waals surface area contributed by atoms with Crippen LogP contribution in [-0.4, -0.2) is 31.8 Å². The number of nitrogens with zero attached hydrogens (tertiary/aromatic N) is 3. The van der Waals surface area contributed by atoms with Crippen molar-refractivity contribution < 1.29 is 9.18 Å². The van der Waals surface area contributed by atoms with Crippen molar-refractivity contribution >= 4 is 39.9 Å². The van der Waals surface area contributed by atoms with Crippen LogP contribution in [0.5, 0.6) is 0 Å². The van der Waals surface area contributed by atoms with Crippen LogP contribution in [0.4, 0.5) is 4.39 Å². The van der Waals surface area contributed by atoms with Crippen molar-refractivity contribution in [2.45, 2.75) is 32.9 Å². The van der Waals surface area contributed by atoms with E-state index in [-0.39, 0.29) is 23.3 Å². The maximum atomic E-state index is 14.1. The molecule has 1 aromatic carbocycles. The van der Waals surface area contributed by atoms with E-state index in [0.717, 1.165) is 10.6 Å². The average molecular weight is 365 g/mol. The van der Waals surface area contributed by atoms with Crippen molar-refractivity contribution in [3.8, 4) is 0 Å². The van der Waals surface area contributed by atoms with Gasteiger partial charge in [0.15, 0.2) is 11.6 Å². The summed E-state index contributed by atoms with van der Waals surface area (Å²) in [5, 5.41) is 0.309. The number of aromatic amines is 1. The molecule has 0 fully saturated rings. The Hall–Kier alpha value is -1.99. The van der Waals surface area contributed by atoms with E-state index in [2.05, 4.69) is 15.0 Å². The number of hydrogen-bond donors (Lipinski definition) is 1. The third kappa shape index (κ3) is 2.31. The number of nitrogens with one attached hydrogen (secondary N) is 1. The largest absolute Gasteiger partial charge is 0.333 e. The molecule has 8 heteroatoms. The Labute approximate surface area is 146 Å². The minimum Gasteiger partial charge on any atom is -0.333 e. The highest BCUT2D eigenvalue weighted by atomic mass is 35.5. The first-order valence-electron chi connectivity index (χ1n) is 7.52. The third-order valence-corrected chi connectivity index (χ3v) is 5.69. The summed E-state index contributed by atoms with van der Waals surface area (Å²) >= 11 is 7.55. The summed E-state index contributed by atoms with van der Waals surface area (Å²) in [6.07, 6.45) is 0.712. The topological polar surface area (TPSA) is 61.9 Å². The highest BCUT2D eigenvalue weighted by Gasteiger charge is 2.31. The average Bonchev–Trinajstić information content (AvgIpc) is 3.18. The predicted molar refractivity (Wildman–Crippen MR) is 91.0 cm³/mol. The van der Waals surface area contributed by atoms with E-state index in [9.17, 15) is 9.18 Å². The summed E-state index contributed by atoms with van der Waals surface area (Å²) in [5.41, 5.74) is 4.13. The minimum atomic E-state index is -0.535. The quantitative estimate of drug-likeness (QED) is 0.716. The Kier molecular flexibility index (Phi) is 3.58. The van der Waals surface area contributed by atoms with Crippen LogP contribution in [0.1, 0.15) is 33.7 Å². The number of H-pyrrole nitrogens is 1. The lowest BCUT2D eigenvalue weighted by Gasteiger charge is -2.32. The SMILES string of the molecule is Cc1c(Cl)cc(F)c2nc(C(=O)N3Cc4scnc4C[C@H]3C)[nH]c12. The van der Waals surface area contributed by atoms with E-state index in [1.807, 2.05) is 6.92 Å². The second kappa shape index (κ2) is 5.53. The summed E-state index contributed by atoms with van der Waals surface area (Å²) in [4.78, 5) is 27.2. The van der Waals surface area contributed by atoms with Gasteiger partial charge < -0.3 is 9.88 Å². The first kappa shape index (κ1) is 15.5. The van der Waals surface area contributed by atoms with Gasteiger partial charge in [-0.25, -0.2) is 14.4 Å². The standard InChI is InChI=1S/C16H14ClFN4OS/c1-7-3-11-12(24-6-19-11)5-22(7)16(23)15-20-13-8(2)9(17)4-10(18)14(13)21-15/h4,6-7H,3,5H2,1-2H3,(H,20,21)/t7-/m1/s1. The molecule has 3 aromatic rings. The molecule has 0 spiro atoms. The fraction of sp³-hybridized carbons (Fsp3) is 0.312. The molecule has 0 saturated heterocycles. The van der Waals surface area contributed by atoms with Crippen molar-refractivity contribution in [3.05, 3.63) is 44.4 Å². The van der Waals surface area contributed by atoms with E-state index >= 15 is 0 Å². The number of carbonyl (C=O) groups excluding carboxylic acids is 1. The van der Waals surface area contributed by atoms with Gasteiger partial charge in [-0.15, -0.1) is 11.3 Å². The number of hydrogen-bond acceptors (Lipinski definition) is 4. The number of aryl methyl sites for hydroxylation is 1. The maximum absolute atomic E-state index is 14.1. The molecule has 4 rings (SSSR count). The van der Waals surface area contributed by atoms with Crippen LogP contribution in [0.3, 0.4) is 0 Å². The number of fused-ring (bicyclic) bond motifs is 2. The molecule has 0 unspecified atom stereocenters. The number of amides is 1. The molecular formula is C16H14ClFN4OS. The summed E-state index contributed by atoms with van der Waals surface area (Å²) in [6.45, 7) is 4.24. The second-order valence-corrected chi connectivity index (χ2v) is 7.33. The highest BCUT2D eigenvalue weighted by molar-refractivity contribution is 7.09. The van der Waals surface area contributed by atoms with Gasteiger partial charge in [0.25, 0.3) is 5.91 Å². The van der Waals surface area contributed by atoms with E-state index in [4.69, 9.17) is 11.6 Å². The van der Waals surface area contributed by atoms with Gasteiger partial charge in [0, 0.05) is 22.4 Å². The lowest BCUT2D eigenvalue weighted by Crippen LogP contribution is -2.42. The van der Waals surface area contributed by atoms with Gasteiger partial charge in [0.05, 0.1) is 23.3 Å². The Morgan fingerprint density at radius 2 is 2.33 bits per heavy atom. The number of aromatic nitrogens is 3. The molecule has 0 bridgehead atoms. The first-order valence-corrected chi connectivity index (χ1v) is 8.78. The van der Waals surface area contributed by atoms with Crippen LogP contribution in [0.15, 0.2) is 11.6 Å². The zero-order valence-electron chi connectivity index (χ0n) is 13.1. The van der Waals surface area contributed by atoms with Gasteiger partial charge in [-0.1, -0.05) is 11.6 Å². The Morgan fingerprint density at radius 1 is 1.54 bits per heavy atom. The third-order valence-electron chi connectivity index (χ3n) is 4.44. The van der Waals surface area contributed by atoms with Crippen molar-refractivity contribution in [1.29, 1.82) is 0 Å². The van der Waals surface area contributed by atoms with Gasteiger partial charge in [0.2, 0.25) is 0 Å². The molecule has 0 saturated carbocycles. The van der Waals surface area contributed by atoms with Gasteiger partial charge in [-0.3, -0.25) is 4.79 Å². The molecule has 1 amide bonds. The lowest BCUT2D eigenvalue weighted by atomic mass is 10.1. The van der Waals surface area contributed by atoms with Crippen molar-refractivity contribution in [1.82, 2.24) is 19.9 Å². The zero-order chi connectivity index (χ0) is 17.0. The molecule has 24 heavy (non-hydrogen) atoms. The van der Waals surface area contributed by atoms with Gasteiger partial charge >= 0.3 is 0 Å². The molecule has 1 N–H and O–H groups in total. The number of imidazole rings is 1. The van der Waals surface area contributed by atoms with Crippen LogP contribution < -0.4 is 0 Å². The molecule has 124 valence electrons. The minimum absolute atomic E-state index is 0.00911. The normalized spacial score (nSPS) is 17.3. The van der Waals surface area contributed by atoms with Crippen LogP contribution in [0.2, 0.25) is 5.02 Å². The van der Waals surface area contributed by atoms with Crippen molar-refractivity contribution in [3.63, 3.8) is 0 Å². The molecule has 3 heterocycles. The highest BCUT2D eigenvalue weighted by Crippen LogP contribution is 2.29.